The Morgan fingerprint density at radius 3 is 2.73 bits per heavy atom. The molecule has 0 aromatic heterocycles. The zero-order valence-electron chi connectivity index (χ0n) is 11.8. The van der Waals surface area contributed by atoms with Crippen molar-refractivity contribution in [2.75, 3.05) is 7.11 Å². The van der Waals surface area contributed by atoms with Gasteiger partial charge in [-0.3, -0.25) is 0 Å². The number of nitrogens with one attached hydrogen (secondary N) is 1. The molecule has 0 amide bonds. The van der Waals surface area contributed by atoms with Crippen molar-refractivity contribution in [1.29, 1.82) is 0 Å². The maximum atomic E-state index is 10.1. The number of benzene rings is 2. The van der Waals surface area contributed by atoms with Crippen LogP contribution in [0.4, 0.5) is 0 Å². The molecular weight excluding hydrogens is 323 g/mol. The molecule has 1 aliphatic heterocycles. The van der Waals surface area contributed by atoms with Gasteiger partial charge in [0.2, 0.25) is 0 Å². The predicted molar refractivity (Wildman–Crippen MR) is 88.2 cm³/mol. The topological polar surface area (TPSA) is 53.8 Å². The molecule has 1 aliphatic rings. The molecule has 2 aromatic rings. The maximum absolute atomic E-state index is 10.1. The smallest absolute Gasteiger partial charge is 0.128 e. The van der Waals surface area contributed by atoms with Gasteiger partial charge in [0, 0.05) is 28.1 Å². The number of methoxy groups -OCH3 is 1. The highest BCUT2D eigenvalue weighted by molar-refractivity contribution is 6.35. The van der Waals surface area contributed by atoms with Crippen molar-refractivity contribution >= 4 is 28.9 Å². The molecule has 0 spiro atoms. The van der Waals surface area contributed by atoms with Crippen molar-refractivity contribution < 1.29 is 9.84 Å². The lowest BCUT2D eigenvalue weighted by Gasteiger charge is -2.12. The third-order valence-electron chi connectivity index (χ3n) is 3.61. The highest BCUT2D eigenvalue weighted by Crippen LogP contribution is 2.33. The summed E-state index contributed by atoms with van der Waals surface area (Å²) in [7, 11) is 1.56. The Hall–Kier alpha value is -1.91. The van der Waals surface area contributed by atoms with Gasteiger partial charge in [-0.25, -0.2) is 0 Å². The minimum atomic E-state index is -0.0405. The van der Waals surface area contributed by atoms with E-state index in [1.165, 1.54) is 0 Å². The molecule has 0 saturated heterocycles. The van der Waals surface area contributed by atoms with Crippen molar-refractivity contribution in [3.05, 3.63) is 57.6 Å². The van der Waals surface area contributed by atoms with E-state index < -0.39 is 0 Å². The SMILES string of the molecule is COc1ccc(C2=NN[C@H](c3ccc(Cl)cc3Cl)C2)c(O)c1. The summed E-state index contributed by atoms with van der Waals surface area (Å²) in [5, 5.41) is 15.6. The fraction of sp³-hybridized carbons (Fsp3) is 0.188. The molecule has 0 saturated carbocycles. The molecule has 1 atom stereocenters. The second-order valence-corrected chi connectivity index (χ2v) is 5.84. The van der Waals surface area contributed by atoms with Gasteiger partial charge < -0.3 is 15.3 Å². The van der Waals surface area contributed by atoms with Crippen LogP contribution in [0, 0.1) is 0 Å². The highest BCUT2D eigenvalue weighted by Gasteiger charge is 2.24. The number of hydrogen-bond acceptors (Lipinski definition) is 4. The molecule has 0 bridgehead atoms. The van der Waals surface area contributed by atoms with Gasteiger partial charge in [0.1, 0.15) is 11.5 Å². The van der Waals surface area contributed by atoms with E-state index in [4.69, 9.17) is 27.9 Å². The van der Waals surface area contributed by atoms with E-state index in [0.717, 1.165) is 11.3 Å². The number of ether oxygens (including phenoxy) is 1. The lowest BCUT2D eigenvalue weighted by molar-refractivity contribution is 0.407. The monoisotopic (exact) mass is 336 g/mol. The van der Waals surface area contributed by atoms with E-state index in [-0.39, 0.29) is 11.8 Å². The first-order valence-electron chi connectivity index (χ1n) is 6.73. The number of phenolic OH excluding ortho intramolecular Hbond substituents is 1. The molecule has 114 valence electrons. The van der Waals surface area contributed by atoms with Gasteiger partial charge in [-0.05, 0) is 29.8 Å². The second-order valence-electron chi connectivity index (χ2n) is 4.99. The summed E-state index contributed by atoms with van der Waals surface area (Å²) < 4.78 is 5.08. The number of nitrogens with zero attached hydrogens (tertiary/aromatic N) is 1. The average molecular weight is 337 g/mol. The number of hydrogen-bond donors (Lipinski definition) is 2. The minimum absolute atomic E-state index is 0.0405. The van der Waals surface area contributed by atoms with Crippen LogP contribution >= 0.6 is 23.2 Å². The van der Waals surface area contributed by atoms with E-state index in [2.05, 4.69) is 10.5 Å². The van der Waals surface area contributed by atoms with Gasteiger partial charge in [-0.15, -0.1) is 0 Å². The summed E-state index contributed by atoms with van der Waals surface area (Å²) in [6.07, 6.45) is 0.626. The standard InChI is InChI=1S/C16H14Cl2N2O2/c1-22-10-3-5-12(16(21)7-10)15-8-14(19-20-15)11-4-2-9(17)6-13(11)18/h2-7,14,19,21H,8H2,1H3/t14-/m0/s1. The minimum Gasteiger partial charge on any atom is -0.507 e. The quantitative estimate of drug-likeness (QED) is 0.885. The number of rotatable bonds is 3. The Kier molecular flexibility index (Phi) is 4.14. The number of aromatic hydroxyl groups is 1. The molecule has 0 unspecified atom stereocenters. The van der Waals surface area contributed by atoms with Gasteiger partial charge >= 0.3 is 0 Å². The van der Waals surface area contributed by atoms with Gasteiger partial charge in [0.25, 0.3) is 0 Å². The lowest BCUT2D eigenvalue weighted by Crippen LogP contribution is -2.10. The maximum Gasteiger partial charge on any atom is 0.128 e. The van der Waals surface area contributed by atoms with Crippen LogP contribution in [0.15, 0.2) is 41.5 Å². The third-order valence-corrected chi connectivity index (χ3v) is 4.17. The average Bonchev–Trinajstić information content (AvgIpc) is 2.96. The van der Waals surface area contributed by atoms with E-state index >= 15 is 0 Å². The molecule has 0 aliphatic carbocycles. The summed E-state index contributed by atoms with van der Waals surface area (Å²) in [5.74, 6) is 0.743. The molecule has 1 heterocycles. The number of hydrazone groups is 1. The van der Waals surface area contributed by atoms with Gasteiger partial charge in [0.05, 0.1) is 18.9 Å². The number of halogens is 2. The van der Waals surface area contributed by atoms with E-state index in [1.807, 2.05) is 6.07 Å². The Bertz CT molecular complexity index is 747. The molecule has 22 heavy (non-hydrogen) atoms. The first kappa shape index (κ1) is 15.0. The van der Waals surface area contributed by atoms with Gasteiger partial charge in [-0.1, -0.05) is 29.3 Å². The van der Waals surface area contributed by atoms with Crippen LogP contribution < -0.4 is 10.2 Å². The highest BCUT2D eigenvalue weighted by atomic mass is 35.5. The van der Waals surface area contributed by atoms with E-state index in [1.54, 1.807) is 37.4 Å². The summed E-state index contributed by atoms with van der Waals surface area (Å²) in [6, 6.07) is 10.5. The zero-order chi connectivity index (χ0) is 15.7. The molecule has 4 nitrogen and oxygen atoms in total. The zero-order valence-corrected chi connectivity index (χ0v) is 13.3. The van der Waals surface area contributed by atoms with Crippen LogP contribution in [0.5, 0.6) is 11.5 Å². The van der Waals surface area contributed by atoms with Crippen molar-refractivity contribution in [2.45, 2.75) is 12.5 Å². The fourth-order valence-electron chi connectivity index (χ4n) is 2.46. The summed E-state index contributed by atoms with van der Waals surface area (Å²) >= 11 is 12.2. The Balaban J connectivity index is 1.82. The lowest BCUT2D eigenvalue weighted by atomic mass is 9.98. The van der Waals surface area contributed by atoms with E-state index in [9.17, 15) is 5.11 Å². The first-order chi connectivity index (χ1) is 10.6. The van der Waals surface area contributed by atoms with Crippen LogP contribution in [-0.4, -0.2) is 17.9 Å². The molecule has 0 radical (unpaired) electrons. The second kappa shape index (κ2) is 6.07. The molecular formula is C16H14Cl2N2O2. The first-order valence-corrected chi connectivity index (χ1v) is 7.48. The Morgan fingerprint density at radius 1 is 1.23 bits per heavy atom. The Labute approximate surface area is 138 Å². The van der Waals surface area contributed by atoms with Crippen LogP contribution in [0.1, 0.15) is 23.6 Å². The normalized spacial score (nSPS) is 17.0. The largest absolute Gasteiger partial charge is 0.507 e. The fourth-order valence-corrected chi connectivity index (χ4v) is 3.00. The van der Waals surface area contributed by atoms with E-state index in [0.29, 0.717) is 27.8 Å². The van der Waals surface area contributed by atoms with Gasteiger partial charge in [-0.2, -0.15) is 5.10 Å². The third kappa shape index (κ3) is 2.85. The van der Waals surface area contributed by atoms with Crippen molar-refractivity contribution in [3.63, 3.8) is 0 Å². The van der Waals surface area contributed by atoms with Crippen LogP contribution in [0.25, 0.3) is 0 Å². The summed E-state index contributed by atoms with van der Waals surface area (Å²) in [4.78, 5) is 0. The molecule has 6 heteroatoms. The molecule has 0 fully saturated rings. The summed E-state index contributed by atoms with van der Waals surface area (Å²) in [5.41, 5.74) is 5.44. The van der Waals surface area contributed by atoms with Crippen LogP contribution in [-0.2, 0) is 0 Å². The Morgan fingerprint density at radius 2 is 2.05 bits per heavy atom. The molecule has 2 aromatic carbocycles. The molecule has 3 rings (SSSR count). The van der Waals surface area contributed by atoms with Gasteiger partial charge in [0.15, 0.2) is 0 Å². The van der Waals surface area contributed by atoms with Crippen LogP contribution in [0.3, 0.4) is 0 Å². The van der Waals surface area contributed by atoms with Crippen LogP contribution in [0.2, 0.25) is 10.0 Å². The van der Waals surface area contributed by atoms with Crippen molar-refractivity contribution in [2.24, 2.45) is 5.10 Å². The van der Waals surface area contributed by atoms with Crippen molar-refractivity contribution in [3.8, 4) is 11.5 Å². The predicted octanol–water partition coefficient (Wildman–Crippen LogP) is 4.15. The van der Waals surface area contributed by atoms with Crippen molar-refractivity contribution in [1.82, 2.24) is 5.43 Å². The molecule has 2 N–H and O–H groups in total. The number of phenols is 1. The summed E-state index contributed by atoms with van der Waals surface area (Å²) in [6.45, 7) is 0.